The largest absolute Gasteiger partial charge is 0.506 e. The summed E-state index contributed by atoms with van der Waals surface area (Å²) in [4.78, 5) is -0.184. The van der Waals surface area contributed by atoms with E-state index in [-0.39, 0.29) is 10.6 Å². The van der Waals surface area contributed by atoms with Crippen LogP contribution >= 0.6 is 0 Å². The molecule has 27 heavy (non-hydrogen) atoms. The lowest BCUT2D eigenvalue weighted by Gasteiger charge is -2.05. The maximum atomic E-state index is 11.3. The summed E-state index contributed by atoms with van der Waals surface area (Å²) in [5.74, 6) is 0.0198. The number of hydrogen-bond acceptors (Lipinski definition) is 5. The Bertz CT molecular complexity index is 1310. The number of phenolic OH excluding ortho intramolecular Hbond substituents is 1. The predicted octanol–water partition coefficient (Wildman–Crippen LogP) is 5.36. The molecule has 0 aliphatic carbocycles. The van der Waals surface area contributed by atoms with Crippen molar-refractivity contribution in [1.82, 2.24) is 0 Å². The van der Waals surface area contributed by atoms with Crippen LogP contribution in [0.5, 0.6) is 5.75 Å². The normalized spacial score (nSPS) is 12.2. The maximum Gasteiger partial charge on any atom is 0.294 e. The van der Waals surface area contributed by atoms with Gasteiger partial charge in [0.1, 0.15) is 11.4 Å². The number of rotatable bonds is 3. The quantitative estimate of drug-likeness (QED) is 0.370. The van der Waals surface area contributed by atoms with Gasteiger partial charge in [0.15, 0.2) is 0 Å². The monoisotopic (exact) mass is 378 g/mol. The Morgan fingerprint density at radius 2 is 1.52 bits per heavy atom. The van der Waals surface area contributed by atoms with Gasteiger partial charge in [-0.15, -0.1) is 10.2 Å². The van der Waals surface area contributed by atoms with Gasteiger partial charge in [0, 0.05) is 10.8 Å². The molecule has 0 atom stereocenters. The van der Waals surface area contributed by atoms with Gasteiger partial charge in [0.05, 0.1) is 10.6 Å². The summed E-state index contributed by atoms with van der Waals surface area (Å²) >= 11 is 0. The average molecular weight is 378 g/mol. The van der Waals surface area contributed by atoms with Crippen LogP contribution in [0, 0.1) is 0 Å². The molecule has 4 aromatic carbocycles. The lowest BCUT2D eigenvalue weighted by Crippen LogP contribution is -1.97. The molecule has 0 bridgehead atoms. The van der Waals surface area contributed by atoms with Crippen LogP contribution in [0.1, 0.15) is 0 Å². The molecule has 0 saturated heterocycles. The average Bonchev–Trinajstić information content (AvgIpc) is 2.66. The van der Waals surface area contributed by atoms with Crippen molar-refractivity contribution in [3.63, 3.8) is 0 Å². The summed E-state index contributed by atoms with van der Waals surface area (Å²) in [5.41, 5.74) is 0.876. The van der Waals surface area contributed by atoms with Gasteiger partial charge in [0.2, 0.25) is 0 Å². The second-order valence-corrected chi connectivity index (χ2v) is 7.41. The predicted molar refractivity (Wildman–Crippen MR) is 104 cm³/mol. The van der Waals surface area contributed by atoms with E-state index < -0.39 is 10.1 Å². The minimum absolute atomic E-state index is 0.0198. The van der Waals surface area contributed by atoms with Gasteiger partial charge in [0.25, 0.3) is 10.1 Å². The summed E-state index contributed by atoms with van der Waals surface area (Å²) in [6.45, 7) is 0. The fourth-order valence-electron chi connectivity index (χ4n) is 2.94. The molecule has 0 radical (unpaired) electrons. The molecule has 7 heteroatoms. The fourth-order valence-corrected chi connectivity index (χ4v) is 3.46. The van der Waals surface area contributed by atoms with Crippen LogP contribution < -0.4 is 0 Å². The van der Waals surface area contributed by atoms with Crippen LogP contribution in [-0.4, -0.2) is 18.1 Å². The van der Waals surface area contributed by atoms with Gasteiger partial charge in [-0.2, -0.15) is 8.42 Å². The van der Waals surface area contributed by atoms with E-state index in [4.69, 9.17) is 0 Å². The van der Waals surface area contributed by atoms with Gasteiger partial charge in [-0.25, -0.2) is 0 Å². The van der Waals surface area contributed by atoms with Crippen LogP contribution in [0.15, 0.2) is 87.9 Å². The van der Waals surface area contributed by atoms with Gasteiger partial charge in [-0.1, -0.05) is 48.5 Å². The first-order chi connectivity index (χ1) is 12.9. The van der Waals surface area contributed by atoms with Gasteiger partial charge < -0.3 is 5.11 Å². The third-order valence-electron chi connectivity index (χ3n) is 4.26. The van der Waals surface area contributed by atoms with Crippen molar-refractivity contribution in [2.75, 3.05) is 0 Å². The van der Waals surface area contributed by atoms with Crippen LogP contribution in [0.3, 0.4) is 0 Å². The summed E-state index contributed by atoms with van der Waals surface area (Å²) < 4.78 is 31.8. The van der Waals surface area contributed by atoms with E-state index in [0.717, 1.165) is 10.8 Å². The second kappa shape index (κ2) is 6.46. The highest BCUT2D eigenvalue weighted by molar-refractivity contribution is 7.85. The van der Waals surface area contributed by atoms with Gasteiger partial charge in [-0.3, -0.25) is 4.55 Å². The molecule has 0 aromatic heterocycles. The number of azo groups is 1. The summed E-state index contributed by atoms with van der Waals surface area (Å²) in [5, 5.41) is 21.6. The minimum atomic E-state index is -4.28. The summed E-state index contributed by atoms with van der Waals surface area (Å²) in [7, 11) is -4.28. The lowest BCUT2D eigenvalue weighted by atomic mass is 10.1. The maximum absolute atomic E-state index is 11.3. The molecule has 4 aromatic rings. The van der Waals surface area contributed by atoms with Crippen molar-refractivity contribution in [1.29, 1.82) is 0 Å². The van der Waals surface area contributed by atoms with E-state index in [9.17, 15) is 18.1 Å². The Balaban J connectivity index is 1.84. The Kier molecular flexibility index (Phi) is 4.10. The van der Waals surface area contributed by atoms with Gasteiger partial charge in [-0.05, 0) is 35.0 Å². The smallest absolute Gasteiger partial charge is 0.294 e. The van der Waals surface area contributed by atoms with Crippen molar-refractivity contribution in [2.45, 2.75) is 4.90 Å². The number of aromatic hydroxyl groups is 1. The first kappa shape index (κ1) is 17.1. The molecule has 0 heterocycles. The summed E-state index contributed by atoms with van der Waals surface area (Å²) in [6.07, 6.45) is 0. The van der Waals surface area contributed by atoms with E-state index in [2.05, 4.69) is 10.2 Å². The van der Waals surface area contributed by atoms with Gasteiger partial charge >= 0.3 is 0 Å². The standard InChI is InChI=1S/C20H14N2O4S/c23-19-11-8-13-4-1-2-6-17(13)20(19)22-21-18-7-3-5-14-12-15(27(24,25)26)9-10-16(14)18/h1-12,23H,(H,24,25,26)/b22-21+. The highest BCUT2D eigenvalue weighted by Crippen LogP contribution is 2.37. The van der Waals surface area contributed by atoms with E-state index in [1.807, 2.05) is 24.3 Å². The van der Waals surface area contributed by atoms with E-state index in [1.165, 1.54) is 12.1 Å². The number of phenols is 1. The van der Waals surface area contributed by atoms with Crippen molar-refractivity contribution in [2.24, 2.45) is 10.2 Å². The molecule has 0 unspecified atom stereocenters. The molecule has 134 valence electrons. The molecule has 0 aliphatic rings. The Morgan fingerprint density at radius 1 is 0.741 bits per heavy atom. The minimum Gasteiger partial charge on any atom is -0.506 e. The molecule has 6 nitrogen and oxygen atoms in total. The van der Waals surface area contributed by atoms with Crippen molar-refractivity contribution in [3.8, 4) is 5.75 Å². The zero-order chi connectivity index (χ0) is 19.0. The fraction of sp³-hybridized carbons (Fsp3) is 0. The lowest BCUT2D eigenvalue weighted by molar-refractivity contribution is 0.477. The van der Waals surface area contributed by atoms with Crippen molar-refractivity contribution >= 4 is 43.0 Å². The zero-order valence-corrected chi connectivity index (χ0v) is 14.8. The van der Waals surface area contributed by atoms with E-state index >= 15 is 0 Å². The Hall–Kier alpha value is -3.29. The first-order valence-corrected chi connectivity index (χ1v) is 9.50. The van der Waals surface area contributed by atoms with Crippen LogP contribution in [0.2, 0.25) is 0 Å². The SMILES string of the molecule is O=S(=O)(O)c1ccc2c(/N=N/c3c(O)ccc4ccccc34)cccc2c1. The van der Waals surface area contributed by atoms with Crippen molar-refractivity contribution in [3.05, 3.63) is 72.8 Å². The number of hydrogen-bond donors (Lipinski definition) is 2. The Morgan fingerprint density at radius 3 is 2.33 bits per heavy atom. The molecule has 0 spiro atoms. The summed E-state index contributed by atoms with van der Waals surface area (Å²) in [6, 6.07) is 20.3. The third kappa shape index (κ3) is 3.25. The molecular formula is C20H14N2O4S. The third-order valence-corrected chi connectivity index (χ3v) is 5.11. The molecule has 0 saturated carbocycles. The first-order valence-electron chi connectivity index (χ1n) is 8.06. The topological polar surface area (TPSA) is 99.3 Å². The zero-order valence-electron chi connectivity index (χ0n) is 13.9. The van der Waals surface area contributed by atoms with E-state index in [1.54, 1.807) is 36.4 Å². The van der Waals surface area contributed by atoms with Crippen LogP contribution in [-0.2, 0) is 10.1 Å². The van der Waals surface area contributed by atoms with Crippen LogP contribution in [0.25, 0.3) is 21.5 Å². The molecule has 0 fully saturated rings. The highest BCUT2D eigenvalue weighted by atomic mass is 32.2. The molecule has 2 N–H and O–H groups in total. The second-order valence-electron chi connectivity index (χ2n) is 5.99. The number of nitrogens with zero attached hydrogens (tertiary/aromatic N) is 2. The Labute approximate surface area is 155 Å². The van der Waals surface area contributed by atoms with E-state index in [0.29, 0.717) is 22.1 Å². The van der Waals surface area contributed by atoms with Crippen molar-refractivity contribution < 1.29 is 18.1 Å². The molecular weight excluding hydrogens is 364 g/mol. The molecule has 4 rings (SSSR count). The number of fused-ring (bicyclic) bond motifs is 2. The van der Waals surface area contributed by atoms with Crippen LogP contribution in [0.4, 0.5) is 11.4 Å². The number of benzene rings is 4. The molecule has 0 amide bonds. The highest BCUT2D eigenvalue weighted by Gasteiger charge is 2.11. The molecule has 0 aliphatic heterocycles.